The number of non-ortho nitro benzene ring substituents is 1. The Morgan fingerprint density at radius 2 is 1.88 bits per heavy atom. The van der Waals surface area contributed by atoms with Crippen LogP contribution in [0.3, 0.4) is 0 Å². The van der Waals surface area contributed by atoms with E-state index in [1.54, 1.807) is 0 Å². The van der Waals surface area contributed by atoms with Gasteiger partial charge in [0.05, 0.1) is 4.92 Å². The molecule has 126 valence electrons. The zero-order valence-electron chi connectivity index (χ0n) is 13.7. The third-order valence-corrected chi connectivity index (χ3v) is 3.80. The number of ether oxygens (including phenoxy) is 1. The molecule has 0 fully saturated rings. The number of anilines is 1. The molecule has 0 radical (unpaired) electrons. The molecule has 0 spiro atoms. The number of nitrogens with zero attached hydrogens (tertiary/aromatic N) is 1. The first kappa shape index (κ1) is 17.5. The first-order chi connectivity index (χ1) is 11.5. The summed E-state index contributed by atoms with van der Waals surface area (Å²) in [5, 5.41) is 13.4. The molecule has 6 heteroatoms. The van der Waals surface area contributed by atoms with Gasteiger partial charge < -0.3 is 10.1 Å². The van der Waals surface area contributed by atoms with E-state index >= 15 is 0 Å². The van der Waals surface area contributed by atoms with E-state index in [1.165, 1.54) is 24.3 Å². The van der Waals surface area contributed by atoms with Gasteiger partial charge in [-0.15, -0.1) is 0 Å². The van der Waals surface area contributed by atoms with Gasteiger partial charge in [-0.3, -0.25) is 14.9 Å². The zero-order chi connectivity index (χ0) is 17.5. The van der Waals surface area contributed by atoms with Gasteiger partial charge in [-0.2, -0.15) is 0 Å². The highest BCUT2D eigenvalue weighted by Crippen LogP contribution is 2.26. The Morgan fingerprint density at radius 3 is 2.50 bits per heavy atom. The average Bonchev–Trinajstić information content (AvgIpc) is 2.60. The van der Waals surface area contributed by atoms with Gasteiger partial charge in [0.1, 0.15) is 5.75 Å². The molecule has 0 bridgehead atoms. The summed E-state index contributed by atoms with van der Waals surface area (Å²) in [5.74, 6) is 0.479. The second-order valence-electron chi connectivity index (χ2n) is 5.48. The highest BCUT2D eigenvalue weighted by Gasteiger charge is 2.12. The van der Waals surface area contributed by atoms with E-state index in [4.69, 9.17) is 4.74 Å². The van der Waals surface area contributed by atoms with Crippen molar-refractivity contribution < 1.29 is 14.5 Å². The number of para-hydroxylation sites is 1. The van der Waals surface area contributed by atoms with Crippen molar-refractivity contribution in [2.24, 2.45) is 0 Å². The Morgan fingerprint density at radius 1 is 1.21 bits per heavy atom. The smallest absolute Gasteiger partial charge is 0.269 e. The summed E-state index contributed by atoms with van der Waals surface area (Å²) in [4.78, 5) is 22.2. The Balaban J connectivity index is 1.95. The predicted molar refractivity (Wildman–Crippen MR) is 92.4 cm³/mol. The van der Waals surface area contributed by atoms with Crippen LogP contribution in [0.5, 0.6) is 5.75 Å². The van der Waals surface area contributed by atoms with Crippen LogP contribution >= 0.6 is 0 Å². The number of carbonyl (C=O) groups excluding carboxylic acids is 1. The van der Waals surface area contributed by atoms with Gasteiger partial charge >= 0.3 is 0 Å². The lowest BCUT2D eigenvalue weighted by Crippen LogP contribution is -2.21. The van der Waals surface area contributed by atoms with Crippen molar-refractivity contribution in [3.05, 3.63) is 64.2 Å². The minimum atomic E-state index is -0.484. The fourth-order valence-electron chi connectivity index (χ4n) is 2.26. The van der Waals surface area contributed by atoms with Crippen LogP contribution in [0.15, 0.2) is 48.5 Å². The second-order valence-corrected chi connectivity index (χ2v) is 5.48. The topological polar surface area (TPSA) is 81.5 Å². The normalized spacial score (nSPS) is 11.6. The van der Waals surface area contributed by atoms with Crippen molar-refractivity contribution in [2.45, 2.75) is 26.2 Å². The molecule has 1 N–H and O–H groups in total. The minimum Gasteiger partial charge on any atom is -0.484 e. The molecule has 0 aromatic heterocycles. The quantitative estimate of drug-likeness (QED) is 0.612. The second kappa shape index (κ2) is 8.10. The van der Waals surface area contributed by atoms with Crippen molar-refractivity contribution in [1.82, 2.24) is 0 Å². The molecule has 0 heterocycles. The lowest BCUT2D eigenvalue weighted by Gasteiger charge is -2.15. The molecule has 0 aliphatic rings. The molecule has 24 heavy (non-hydrogen) atoms. The Hall–Kier alpha value is -2.89. The van der Waals surface area contributed by atoms with E-state index in [-0.39, 0.29) is 18.2 Å². The summed E-state index contributed by atoms with van der Waals surface area (Å²) in [5.41, 5.74) is 1.85. The number of amides is 1. The van der Waals surface area contributed by atoms with E-state index < -0.39 is 4.92 Å². The summed E-state index contributed by atoms with van der Waals surface area (Å²) >= 11 is 0. The third kappa shape index (κ3) is 4.55. The molecule has 0 unspecified atom stereocenters. The Labute approximate surface area is 140 Å². The van der Waals surface area contributed by atoms with E-state index in [1.807, 2.05) is 24.3 Å². The molecule has 0 saturated carbocycles. The van der Waals surface area contributed by atoms with Crippen molar-refractivity contribution in [2.75, 3.05) is 11.9 Å². The molecule has 1 atom stereocenters. The van der Waals surface area contributed by atoms with E-state index in [0.717, 1.165) is 17.7 Å². The largest absolute Gasteiger partial charge is 0.484 e. The summed E-state index contributed by atoms with van der Waals surface area (Å²) in [6.45, 7) is 4.05. The molecule has 2 rings (SSSR count). The highest BCUT2D eigenvalue weighted by molar-refractivity contribution is 5.92. The molecule has 1 amide bonds. The lowest BCUT2D eigenvalue weighted by atomic mass is 9.97. The first-order valence-electron chi connectivity index (χ1n) is 7.77. The summed E-state index contributed by atoms with van der Waals surface area (Å²) in [7, 11) is 0. The van der Waals surface area contributed by atoms with Crippen molar-refractivity contribution in [3.63, 3.8) is 0 Å². The molecule has 2 aromatic carbocycles. The predicted octanol–water partition coefficient (Wildman–Crippen LogP) is 4.13. The van der Waals surface area contributed by atoms with Crippen LogP contribution in [0, 0.1) is 10.1 Å². The fourth-order valence-corrected chi connectivity index (χ4v) is 2.26. The van der Waals surface area contributed by atoms with Crippen LogP contribution in [0.25, 0.3) is 0 Å². The molecular formula is C18H20N2O4. The maximum Gasteiger partial charge on any atom is 0.269 e. The Kier molecular flexibility index (Phi) is 5.89. The third-order valence-electron chi connectivity index (χ3n) is 3.80. The van der Waals surface area contributed by atoms with E-state index in [0.29, 0.717) is 11.7 Å². The number of nitrogens with one attached hydrogen (secondary N) is 1. The monoisotopic (exact) mass is 328 g/mol. The van der Waals surface area contributed by atoms with Crippen LogP contribution in [0.1, 0.15) is 31.7 Å². The zero-order valence-corrected chi connectivity index (χ0v) is 13.7. The first-order valence-corrected chi connectivity index (χ1v) is 7.77. The number of carbonyl (C=O) groups is 1. The number of hydrogen-bond donors (Lipinski definition) is 1. The van der Waals surface area contributed by atoms with Gasteiger partial charge in [0.15, 0.2) is 6.61 Å². The average molecular weight is 328 g/mol. The SMILES string of the molecule is CC[C@H](C)c1ccccc1NC(=O)COc1ccc([N+](=O)[O-])cc1. The lowest BCUT2D eigenvalue weighted by molar-refractivity contribution is -0.384. The summed E-state index contributed by atoms with van der Waals surface area (Å²) < 4.78 is 5.37. The van der Waals surface area contributed by atoms with Gasteiger partial charge in [-0.25, -0.2) is 0 Å². The van der Waals surface area contributed by atoms with Gasteiger partial charge in [0, 0.05) is 17.8 Å². The van der Waals surface area contributed by atoms with E-state index in [9.17, 15) is 14.9 Å². The summed E-state index contributed by atoms with van der Waals surface area (Å²) in [6.07, 6.45) is 0.978. The number of nitro groups is 1. The van der Waals surface area contributed by atoms with Gasteiger partial charge in [-0.1, -0.05) is 32.0 Å². The maximum atomic E-state index is 12.1. The maximum absolute atomic E-state index is 12.1. The van der Waals surface area contributed by atoms with Crippen LogP contribution in [-0.4, -0.2) is 17.4 Å². The number of nitro benzene ring substituents is 1. The molecule has 6 nitrogen and oxygen atoms in total. The van der Waals surface area contributed by atoms with Crippen LogP contribution in [0.4, 0.5) is 11.4 Å². The molecule has 0 aliphatic carbocycles. The number of rotatable bonds is 7. The molecule has 2 aromatic rings. The van der Waals surface area contributed by atoms with Crippen LogP contribution < -0.4 is 10.1 Å². The molecule has 0 saturated heterocycles. The number of hydrogen-bond acceptors (Lipinski definition) is 4. The van der Waals surface area contributed by atoms with Crippen molar-refractivity contribution in [1.29, 1.82) is 0 Å². The van der Waals surface area contributed by atoms with Crippen molar-refractivity contribution >= 4 is 17.3 Å². The van der Waals surface area contributed by atoms with Gasteiger partial charge in [-0.05, 0) is 36.1 Å². The van der Waals surface area contributed by atoms with Crippen LogP contribution in [0.2, 0.25) is 0 Å². The van der Waals surface area contributed by atoms with E-state index in [2.05, 4.69) is 19.2 Å². The van der Waals surface area contributed by atoms with Crippen molar-refractivity contribution in [3.8, 4) is 5.75 Å². The fraction of sp³-hybridized carbons (Fsp3) is 0.278. The summed E-state index contributed by atoms with van der Waals surface area (Å²) in [6, 6.07) is 13.3. The van der Waals surface area contributed by atoms with Gasteiger partial charge in [0.25, 0.3) is 11.6 Å². The molecule has 0 aliphatic heterocycles. The van der Waals surface area contributed by atoms with Crippen LogP contribution in [-0.2, 0) is 4.79 Å². The molecular weight excluding hydrogens is 308 g/mol. The highest BCUT2D eigenvalue weighted by atomic mass is 16.6. The standard InChI is InChI=1S/C18H20N2O4/c1-3-13(2)16-6-4-5-7-17(16)19-18(21)12-24-15-10-8-14(9-11-15)20(22)23/h4-11,13H,3,12H2,1-2H3,(H,19,21)/t13-/m0/s1. The van der Waals surface area contributed by atoms with Gasteiger partial charge in [0.2, 0.25) is 0 Å². The Bertz CT molecular complexity index is 713. The number of benzene rings is 2. The minimum absolute atomic E-state index is 0.0192.